The van der Waals surface area contributed by atoms with Gasteiger partial charge in [0.2, 0.25) is 5.82 Å². The Kier molecular flexibility index (Phi) is 5.85. The summed E-state index contributed by atoms with van der Waals surface area (Å²) < 4.78 is 25.2. The highest BCUT2D eigenvalue weighted by Gasteiger charge is 2.36. The van der Waals surface area contributed by atoms with Crippen LogP contribution in [-0.2, 0) is 0 Å². The summed E-state index contributed by atoms with van der Waals surface area (Å²) in [5.41, 5.74) is 2.41. The standard InChI is InChI=1S/C25H21FN4O3S/c1-3-32-19-11-9-18(10-12-19)30-15(2)21(24-28-23(29-33-24)20-8-5-13-34-20)22(27-25(30)31)16-6-4-7-17(26)14-16/h4-14,22H,3H2,1-2H3,(H,27,31). The second-order valence-corrected chi connectivity index (χ2v) is 8.55. The number of hydrogen-bond donors (Lipinski definition) is 1. The molecule has 1 unspecified atom stereocenters. The van der Waals surface area contributed by atoms with Crippen LogP contribution >= 0.6 is 11.3 Å². The first-order valence-electron chi connectivity index (χ1n) is 10.7. The van der Waals surface area contributed by atoms with Gasteiger partial charge < -0.3 is 14.6 Å². The number of ether oxygens (including phenoxy) is 1. The Balaban J connectivity index is 1.63. The number of nitrogens with one attached hydrogen (secondary N) is 1. The van der Waals surface area contributed by atoms with Crippen LogP contribution in [0.15, 0.2) is 76.3 Å². The average Bonchev–Trinajstić information content (AvgIpc) is 3.52. The van der Waals surface area contributed by atoms with Crippen LogP contribution in [0.4, 0.5) is 14.9 Å². The van der Waals surface area contributed by atoms with Gasteiger partial charge in [-0.15, -0.1) is 11.3 Å². The largest absolute Gasteiger partial charge is 0.494 e. The third kappa shape index (κ3) is 4.06. The van der Waals surface area contributed by atoms with Crippen LogP contribution in [0.1, 0.15) is 31.3 Å². The molecule has 1 N–H and O–H groups in total. The number of rotatable bonds is 6. The van der Waals surface area contributed by atoms with E-state index in [-0.39, 0.29) is 11.9 Å². The Hall–Kier alpha value is -3.98. The molecule has 2 amide bonds. The van der Waals surface area contributed by atoms with Gasteiger partial charge in [0, 0.05) is 5.70 Å². The Labute approximate surface area is 199 Å². The monoisotopic (exact) mass is 476 g/mol. The molecule has 9 heteroatoms. The number of anilines is 1. The number of benzene rings is 2. The van der Waals surface area contributed by atoms with Crippen molar-refractivity contribution in [1.29, 1.82) is 0 Å². The molecule has 4 aromatic rings. The SMILES string of the molecule is CCOc1ccc(N2C(=O)NC(c3cccc(F)c3)C(c3nc(-c4cccs4)no3)=C2C)cc1. The van der Waals surface area contributed by atoms with Crippen molar-refractivity contribution in [2.75, 3.05) is 11.5 Å². The Morgan fingerprint density at radius 3 is 2.71 bits per heavy atom. The van der Waals surface area contributed by atoms with Gasteiger partial charge in [-0.1, -0.05) is 23.4 Å². The molecular weight excluding hydrogens is 455 g/mol. The second-order valence-electron chi connectivity index (χ2n) is 7.60. The van der Waals surface area contributed by atoms with Gasteiger partial charge in [-0.05, 0) is 67.3 Å². The Morgan fingerprint density at radius 2 is 2.00 bits per heavy atom. The fourth-order valence-corrected chi connectivity index (χ4v) is 4.61. The molecule has 5 rings (SSSR count). The maximum absolute atomic E-state index is 14.1. The number of amides is 2. The third-order valence-corrected chi connectivity index (χ3v) is 6.34. The van der Waals surface area contributed by atoms with Gasteiger partial charge in [0.05, 0.1) is 28.8 Å². The number of allylic oxidation sites excluding steroid dienone is 1. The van der Waals surface area contributed by atoms with Crippen molar-refractivity contribution in [1.82, 2.24) is 15.5 Å². The summed E-state index contributed by atoms with van der Waals surface area (Å²) in [6, 6.07) is 16.1. The van der Waals surface area contributed by atoms with E-state index in [2.05, 4.69) is 15.5 Å². The number of halogens is 1. The number of hydrogen-bond acceptors (Lipinski definition) is 6. The van der Waals surface area contributed by atoms with Gasteiger partial charge >= 0.3 is 6.03 Å². The molecule has 1 aliphatic rings. The summed E-state index contributed by atoms with van der Waals surface area (Å²) in [4.78, 5) is 20.2. The zero-order valence-electron chi connectivity index (χ0n) is 18.5. The smallest absolute Gasteiger partial charge is 0.326 e. The molecular formula is C25H21FN4O3S. The zero-order valence-corrected chi connectivity index (χ0v) is 19.3. The second kappa shape index (κ2) is 9.11. The fourth-order valence-electron chi connectivity index (χ4n) is 3.96. The van der Waals surface area contributed by atoms with E-state index in [4.69, 9.17) is 9.26 Å². The fraction of sp³-hybridized carbons (Fsp3) is 0.160. The van der Waals surface area contributed by atoms with Crippen LogP contribution in [0.5, 0.6) is 5.75 Å². The lowest BCUT2D eigenvalue weighted by Crippen LogP contribution is -2.46. The van der Waals surface area contributed by atoms with Gasteiger partial charge in [0.1, 0.15) is 11.6 Å². The van der Waals surface area contributed by atoms with Crippen molar-refractivity contribution in [2.45, 2.75) is 19.9 Å². The quantitative estimate of drug-likeness (QED) is 0.367. The lowest BCUT2D eigenvalue weighted by molar-refractivity contribution is 0.244. The van der Waals surface area contributed by atoms with Crippen molar-refractivity contribution in [3.63, 3.8) is 0 Å². The summed E-state index contributed by atoms with van der Waals surface area (Å²) in [5, 5.41) is 9.04. The highest BCUT2D eigenvalue weighted by Crippen LogP contribution is 2.39. The van der Waals surface area contributed by atoms with Gasteiger partial charge in [-0.25, -0.2) is 9.18 Å². The van der Waals surface area contributed by atoms with Crippen molar-refractivity contribution in [2.24, 2.45) is 0 Å². The number of aromatic nitrogens is 2. The maximum Gasteiger partial charge on any atom is 0.326 e. The number of nitrogens with zero attached hydrogens (tertiary/aromatic N) is 3. The van der Waals surface area contributed by atoms with E-state index in [1.54, 1.807) is 36.4 Å². The minimum Gasteiger partial charge on any atom is -0.494 e. The van der Waals surface area contributed by atoms with Crippen LogP contribution in [-0.4, -0.2) is 22.8 Å². The van der Waals surface area contributed by atoms with E-state index in [0.29, 0.717) is 40.7 Å². The first kappa shape index (κ1) is 21.8. The van der Waals surface area contributed by atoms with Crippen LogP contribution in [0.25, 0.3) is 16.3 Å². The molecule has 1 aliphatic heterocycles. The van der Waals surface area contributed by atoms with Crippen LogP contribution in [0.3, 0.4) is 0 Å². The van der Waals surface area contributed by atoms with E-state index >= 15 is 0 Å². The van der Waals surface area contributed by atoms with Crippen LogP contribution in [0.2, 0.25) is 0 Å². The predicted molar refractivity (Wildman–Crippen MR) is 128 cm³/mol. The molecule has 34 heavy (non-hydrogen) atoms. The molecule has 0 bridgehead atoms. The minimum atomic E-state index is -0.668. The average molecular weight is 477 g/mol. The Bertz CT molecular complexity index is 1350. The van der Waals surface area contributed by atoms with Crippen molar-refractivity contribution in [3.8, 4) is 16.5 Å². The normalized spacial score (nSPS) is 16.0. The molecule has 0 saturated carbocycles. The topological polar surface area (TPSA) is 80.5 Å². The molecule has 0 fully saturated rings. The highest BCUT2D eigenvalue weighted by atomic mass is 32.1. The van der Waals surface area contributed by atoms with Crippen molar-refractivity contribution >= 4 is 28.6 Å². The van der Waals surface area contributed by atoms with Gasteiger partial charge in [-0.3, -0.25) is 4.90 Å². The minimum absolute atomic E-state index is 0.256. The first-order chi connectivity index (χ1) is 16.5. The number of thiophene rings is 1. The molecule has 0 aliphatic carbocycles. The highest BCUT2D eigenvalue weighted by molar-refractivity contribution is 7.13. The molecule has 2 aromatic heterocycles. The Morgan fingerprint density at radius 1 is 1.18 bits per heavy atom. The van der Waals surface area contributed by atoms with E-state index in [0.717, 1.165) is 4.88 Å². The molecule has 1 atom stereocenters. The summed E-state index contributed by atoms with van der Waals surface area (Å²) >= 11 is 1.50. The molecule has 7 nitrogen and oxygen atoms in total. The lowest BCUT2D eigenvalue weighted by Gasteiger charge is -2.35. The summed E-state index contributed by atoms with van der Waals surface area (Å²) in [5.74, 6) is 1.02. The van der Waals surface area contributed by atoms with Crippen molar-refractivity contribution in [3.05, 3.63) is 89.0 Å². The summed E-state index contributed by atoms with van der Waals surface area (Å²) in [6.45, 7) is 4.27. The van der Waals surface area contributed by atoms with Gasteiger partial charge in [0.25, 0.3) is 5.89 Å². The molecule has 3 heterocycles. The third-order valence-electron chi connectivity index (χ3n) is 5.47. The molecule has 2 aromatic carbocycles. The van der Waals surface area contributed by atoms with E-state index in [9.17, 15) is 9.18 Å². The molecule has 0 radical (unpaired) electrons. The van der Waals surface area contributed by atoms with E-state index in [1.165, 1.54) is 28.4 Å². The van der Waals surface area contributed by atoms with Gasteiger partial charge in [0.15, 0.2) is 0 Å². The van der Waals surface area contributed by atoms with E-state index in [1.807, 2.05) is 31.4 Å². The molecule has 172 valence electrons. The number of carbonyl (C=O) groups is 1. The number of carbonyl (C=O) groups excluding carboxylic acids is 1. The zero-order chi connectivity index (χ0) is 23.7. The van der Waals surface area contributed by atoms with Crippen molar-refractivity contribution < 1.29 is 18.4 Å². The number of urea groups is 1. The predicted octanol–water partition coefficient (Wildman–Crippen LogP) is 6.04. The summed E-state index contributed by atoms with van der Waals surface area (Å²) in [7, 11) is 0. The maximum atomic E-state index is 14.1. The summed E-state index contributed by atoms with van der Waals surface area (Å²) in [6.07, 6.45) is 0. The lowest BCUT2D eigenvalue weighted by atomic mass is 9.94. The van der Waals surface area contributed by atoms with Crippen LogP contribution < -0.4 is 15.0 Å². The van der Waals surface area contributed by atoms with Crippen LogP contribution in [0, 0.1) is 5.82 Å². The van der Waals surface area contributed by atoms with E-state index < -0.39 is 11.9 Å². The molecule has 0 saturated heterocycles. The molecule has 0 spiro atoms. The first-order valence-corrected chi connectivity index (χ1v) is 11.6. The van der Waals surface area contributed by atoms with Gasteiger partial charge in [-0.2, -0.15) is 4.98 Å².